The van der Waals surface area contributed by atoms with Crippen LogP contribution in [0.1, 0.15) is 18.9 Å². The number of amides is 1. The molecule has 0 aromatic heterocycles. The number of hydrogen-bond acceptors (Lipinski definition) is 5. The van der Waals surface area contributed by atoms with Crippen molar-refractivity contribution in [2.75, 3.05) is 18.6 Å². The summed E-state index contributed by atoms with van der Waals surface area (Å²) in [7, 11) is 1.59. The molecule has 5 nitrogen and oxygen atoms in total. The molecule has 1 unspecified atom stereocenters. The lowest BCUT2D eigenvalue weighted by Gasteiger charge is -2.33. The molecule has 0 bridgehead atoms. The zero-order valence-electron chi connectivity index (χ0n) is 15.4. The van der Waals surface area contributed by atoms with Gasteiger partial charge in [-0.25, -0.2) is 0 Å². The second kappa shape index (κ2) is 9.07. The minimum atomic E-state index is -0.568. The van der Waals surface area contributed by atoms with Gasteiger partial charge in [0.25, 0.3) is 0 Å². The van der Waals surface area contributed by atoms with Gasteiger partial charge in [0.05, 0.1) is 47.7 Å². The minimum absolute atomic E-state index is 0.00582. The largest absolute Gasteiger partial charge is 0.497 e. The topological polar surface area (TPSA) is 55.8 Å². The van der Waals surface area contributed by atoms with Gasteiger partial charge in [0.15, 0.2) is 0 Å². The number of fused-ring (bicyclic) bond motifs is 1. The molecule has 1 atom stereocenters. The maximum Gasteiger partial charge on any atom is 0.307 e. The van der Waals surface area contributed by atoms with Gasteiger partial charge in [-0.05, 0) is 42.8 Å². The van der Waals surface area contributed by atoms with Crippen molar-refractivity contribution in [1.82, 2.24) is 0 Å². The smallest absolute Gasteiger partial charge is 0.307 e. The lowest BCUT2D eigenvalue weighted by Crippen LogP contribution is -2.41. The standard InChI is InChI=1S/C20H19Cl2NO4S/c1-3-27-19(24)10-18-20(25)23(11-12-4-6-14(21)15(22)8-12)16-7-5-13(26-2)9-17(16)28-18/h4-9,18H,3,10-11H2,1-2H3. The summed E-state index contributed by atoms with van der Waals surface area (Å²) in [5, 5.41) is 0.314. The average molecular weight is 440 g/mol. The molecule has 1 aliphatic heterocycles. The third-order valence-electron chi connectivity index (χ3n) is 4.25. The molecule has 2 aromatic rings. The second-order valence-corrected chi connectivity index (χ2v) is 8.18. The van der Waals surface area contributed by atoms with E-state index in [1.807, 2.05) is 18.2 Å². The van der Waals surface area contributed by atoms with Crippen molar-refractivity contribution in [3.63, 3.8) is 0 Å². The molecule has 0 N–H and O–H groups in total. The summed E-state index contributed by atoms with van der Waals surface area (Å²) in [5.41, 5.74) is 1.60. The Balaban J connectivity index is 1.94. The Morgan fingerprint density at radius 1 is 1.18 bits per heavy atom. The predicted octanol–water partition coefficient (Wildman–Crippen LogP) is 4.96. The Kier molecular flexibility index (Phi) is 6.75. The molecule has 2 aromatic carbocycles. The number of nitrogens with zero attached hydrogens (tertiary/aromatic N) is 1. The van der Waals surface area contributed by atoms with Crippen LogP contribution >= 0.6 is 35.0 Å². The van der Waals surface area contributed by atoms with Gasteiger partial charge in [-0.15, -0.1) is 11.8 Å². The molecule has 0 saturated heterocycles. The number of carbonyl (C=O) groups excluding carboxylic acids is 2. The Hall–Kier alpha value is -1.89. The van der Waals surface area contributed by atoms with E-state index in [0.717, 1.165) is 16.1 Å². The van der Waals surface area contributed by atoms with E-state index in [1.165, 1.54) is 11.8 Å². The van der Waals surface area contributed by atoms with Crippen molar-refractivity contribution in [3.05, 3.63) is 52.0 Å². The molecule has 8 heteroatoms. The minimum Gasteiger partial charge on any atom is -0.497 e. The van der Waals surface area contributed by atoms with Crippen LogP contribution in [0.2, 0.25) is 10.0 Å². The number of benzene rings is 2. The first kappa shape index (κ1) is 20.8. The predicted molar refractivity (Wildman–Crippen MR) is 112 cm³/mol. The SMILES string of the molecule is CCOC(=O)CC1Sc2cc(OC)ccc2N(Cc2ccc(Cl)c(Cl)c2)C1=O. The van der Waals surface area contributed by atoms with Crippen molar-refractivity contribution in [2.45, 2.75) is 30.0 Å². The molecule has 1 aliphatic rings. The van der Waals surface area contributed by atoms with Crippen LogP contribution in [0, 0.1) is 0 Å². The third kappa shape index (κ3) is 4.57. The quantitative estimate of drug-likeness (QED) is 0.595. The van der Waals surface area contributed by atoms with Crippen molar-refractivity contribution in [2.24, 2.45) is 0 Å². The number of esters is 1. The molecule has 0 fully saturated rings. The lowest BCUT2D eigenvalue weighted by molar-refractivity contribution is -0.144. The molecule has 0 spiro atoms. The Morgan fingerprint density at radius 3 is 2.64 bits per heavy atom. The highest BCUT2D eigenvalue weighted by Crippen LogP contribution is 2.43. The summed E-state index contributed by atoms with van der Waals surface area (Å²) >= 11 is 13.5. The normalized spacial score (nSPS) is 15.9. The number of halogens is 2. The molecule has 1 amide bonds. The number of thioether (sulfide) groups is 1. The first-order valence-electron chi connectivity index (χ1n) is 8.68. The van der Waals surface area contributed by atoms with E-state index >= 15 is 0 Å². The van der Waals surface area contributed by atoms with Crippen molar-refractivity contribution >= 4 is 52.5 Å². The van der Waals surface area contributed by atoms with Gasteiger partial charge in [-0.1, -0.05) is 29.3 Å². The van der Waals surface area contributed by atoms with Crippen LogP contribution in [0.5, 0.6) is 5.75 Å². The van der Waals surface area contributed by atoms with Crippen LogP contribution in [-0.4, -0.2) is 30.8 Å². The molecule has 148 valence electrons. The van der Waals surface area contributed by atoms with Gasteiger partial charge >= 0.3 is 5.97 Å². The molecule has 3 rings (SSSR count). The summed E-state index contributed by atoms with van der Waals surface area (Å²) in [4.78, 5) is 27.7. The Bertz CT molecular complexity index is 906. The summed E-state index contributed by atoms with van der Waals surface area (Å²) < 4.78 is 10.3. The fourth-order valence-corrected chi connectivity index (χ4v) is 4.48. The van der Waals surface area contributed by atoms with E-state index in [-0.39, 0.29) is 18.9 Å². The number of rotatable bonds is 6. The van der Waals surface area contributed by atoms with Crippen molar-refractivity contribution in [1.29, 1.82) is 0 Å². The van der Waals surface area contributed by atoms with E-state index in [4.69, 9.17) is 32.7 Å². The van der Waals surface area contributed by atoms with E-state index in [9.17, 15) is 9.59 Å². The van der Waals surface area contributed by atoms with Crippen LogP contribution in [-0.2, 0) is 20.9 Å². The molecule has 0 radical (unpaired) electrons. The monoisotopic (exact) mass is 439 g/mol. The van der Waals surface area contributed by atoms with E-state index in [1.54, 1.807) is 37.1 Å². The van der Waals surface area contributed by atoms with E-state index in [0.29, 0.717) is 22.3 Å². The first-order chi connectivity index (χ1) is 13.4. The van der Waals surface area contributed by atoms with Crippen molar-refractivity contribution < 1.29 is 19.1 Å². The van der Waals surface area contributed by atoms with Crippen molar-refractivity contribution in [3.8, 4) is 5.75 Å². The first-order valence-corrected chi connectivity index (χ1v) is 10.3. The number of hydrogen-bond donors (Lipinski definition) is 0. The number of carbonyl (C=O) groups is 2. The third-order valence-corrected chi connectivity index (χ3v) is 6.22. The Labute approximate surface area is 177 Å². The maximum absolute atomic E-state index is 13.1. The van der Waals surface area contributed by atoms with Crippen LogP contribution in [0.15, 0.2) is 41.3 Å². The summed E-state index contributed by atoms with van der Waals surface area (Å²) in [6.07, 6.45) is 0.00582. The van der Waals surface area contributed by atoms with E-state index in [2.05, 4.69) is 0 Å². The fourth-order valence-electron chi connectivity index (χ4n) is 2.92. The number of methoxy groups -OCH3 is 1. The molecular formula is C20H19Cl2NO4S. The molecule has 28 heavy (non-hydrogen) atoms. The van der Waals surface area contributed by atoms with Gasteiger partial charge in [0.2, 0.25) is 5.91 Å². The zero-order chi connectivity index (χ0) is 20.3. The number of anilines is 1. The number of ether oxygens (including phenoxy) is 2. The van der Waals surface area contributed by atoms with E-state index < -0.39 is 11.2 Å². The summed E-state index contributed by atoms with van der Waals surface area (Å²) in [6, 6.07) is 10.8. The average Bonchev–Trinajstić information content (AvgIpc) is 2.67. The van der Waals surface area contributed by atoms with Gasteiger partial charge < -0.3 is 14.4 Å². The molecule has 1 heterocycles. The van der Waals surface area contributed by atoms with Gasteiger partial charge in [-0.2, -0.15) is 0 Å². The van der Waals surface area contributed by atoms with Crippen LogP contribution in [0.25, 0.3) is 0 Å². The maximum atomic E-state index is 13.1. The Morgan fingerprint density at radius 2 is 1.96 bits per heavy atom. The second-order valence-electron chi connectivity index (χ2n) is 6.12. The van der Waals surface area contributed by atoms with Gasteiger partial charge in [0.1, 0.15) is 5.75 Å². The van der Waals surface area contributed by atoms with Crippen LogP contribution < -0.4 is 9.64 Å². The highest BCUT2D eigenvalue weighted by molar-refractivity contribution is 8.01. The fraction of sp³-hybridized carbons (Fsp3) is 0.300. The lowest BCUT2D eigenvalue weighted by atomic mass is 10.1. The van der Waals surface area contributed by atoms with Crippen LogP contribution in [0.4, 0.5) is 5.69 Å². The highest BCUT2D eigenvalue weighted by Gasteiger charge is 2.35. The summed E-state index contributed by atoms with van der Waals surface area (Å²) in [6.45, 7) is 2.33. The highest BCUT2D eigenvalue weighted by atomic mass is 35.5. The molecular weight excluding hydrogens is 421 g/mol. The van der Waals surface area contributed by atoms with Gasteiger partial charge in [-0.3, -0.25) is 9.59 Å². The summed E-state index contributed by atoms with van der Waals surface area (Å²) in [5.74, 6) is 0.140. The van der Waals surface area contributed by atoms with Gasteiger partial charge in [0, 0.05) is 4.90 Å². The zero-order valence-corrected chi connectivity index (χ0v) is 17.7. The van der Waals surface area contributed by atoms with Crippen LogP contribution in [0.3, 0.4) is 0 Å². The molecule has 0 aliphatic carbocycles. The molecule has 0 saturated carbocycles.